The molecule has 0 aliphatic heterocycles. The van der Waals surface area contributed by atoms with Crippen LogP contribution >= 0.6 is 0 Å². The highest BCUT2D eigenvalue weighted by atomic mass is 16.5. The van der Waals surface area contributed by atoms with Crippen molar-refractivity contribution in [2.75, 3.05) is 17.7 Å². The Morgan fingerprint density at radius 2 is 1.95 bits per heavy atom. The summed E-state index contributed by atoms with van der Waals surface area (Å²) in [6, 6.07) is 7.15. The third-order valence-electron chi connectivity index (χ3n) is 3.03. The standard InChI is InChI=1S/C15H19N5O2/c1-4-22-13(21)12-7-5-11(6-8-12)9(2)17-15-19-10(3)18-14(16)20-15/h5-9H,4H2,1-3H3,(H3,16,17,18,19,20). The molecule has 7 nitrogen and oxygen atoms in total. The van der Waals surface area contributed by atoms with Crippen molar-refractivity contribution in [1.29, 1.82) is 0 Å². The molecule has 0 aliphatic rings. The number of hydrogen-bond donors (Lipinski definition) is 2. The molecule has 0 saturated heterocycles. The first kappa shape index (κ1) is 15.7. The van der Waals surface area contributed by atoms with Crippen LogP contribution in [0.15, 0.2) is 24.3 Å². The molecule has 1 aromatic heterocycles. The SMILES string of the molecule is CCOC(=O)c1ccc(C(C)Nc2nc(C)nc(N)n2)cc1. The van der Waals surface area contributed by atoms with Gasteiger partial charge >= 0.3 is 5.97 Å². The zero-order chi connectivity index (χ0) is 16.1. The van der Waals surface area contributed by atoms with Crippen molar-refractivity contribution in [2.24, 2.45) is 0 Å². The lowest BCUT2D eigenvalue weighted by atomic mass is 10.1. The van der Waals surface area contributed by atoms with E-state index in [4.69, 9.17) is 10.5 Å². The minimum absolute atomic E-state index is 0.0440. The van der Waals surface area contributed by atoms with Crippen molar-refractivity contribution < 1.29 is 9.53 Å². The second kappa shape index (κ2) is 6.84. The van der Waals surface area contributed by atoms with E-state index >= 15 is 0 Å². The van der Waals surface area contributed by atoms with E-state index < -0.39 is 0 Å². The summed E-state index contributed by atoms with van der Waals surface area (Å²) in [5.41, 5.74) is 7.12. The average molecular weight is 301 g/mol. The molecule has 0 spiro atoms. The Hall–Kier alpha value is -2.70. The molecule has 0 bridgehead atoms. The Morgan fingerprint density at radius 3 is 2.55 bits per heavy atom. The summed E-state index contributed by atoms with van der Waals surface area (Å²) in [7, 11) is 0. The van der Waals surface area contributed by atoms with E-state index in [9.17, 15) is 4.79 Å². The van der Waals surface area contributed by atoms with Gasteiger partial charge in [-0.3, -0.25) is 0 Å². The number of carbonyl (C=O) groups is 1. The average Bonchev–Trinajstić information content (AvgIpc) is 2.46. The van der Waals surface area contributed by atoms with Crippen molar-refractivity contribution in [1.82, 2.24) is 15.0 Å². The molecule has 7 heteroatoms. The predicted octanol–water partition coefficient (Wildman–Crippen LogP) is 2.11. The molecule has 1 atom stereocenters. The van der Waals surface area contributed by atoms with Crippen molar-refractivity contribution in [3.8, 4) is 0 Å². The van der Waals surface area contributed by atoms with Crippen molar-refractivity contribution >= 4 is 17.9 Å². The summed E-state index contributed by atoms with van der Waals surface area (Å²) in [6.45, 7) is 5.86. The molecule has 22 heavy (non-hydrogen) atoms. The van der Waals surface area contributed by atoms with Gasteiger partial charge in [-0.1, -0.05) is 12.1 Å². The van der Waals surface area contributed by atoms with Crippen LogP contribution in [0.4, 0.5) is 11.9 Å². The number of carbonyl (C=O) groups excluding carboxylic acids is 1. The summed E-state index contributed by atoms with van der Waals surface area (Å²) in [4.78, 5) is 23.8. The van der Waals surface area contributed by atoms with Gasteiger partial charge in [-0.05, 0) is 38.5 Å². The van der Waals surface area contributed by atoms with Crippen LogP contribution < -0.4 is 11.1 Å². The van der Waals surface area contributed by atoms with Gasteiger partial charge in [0.2, 0.25) is 11.9 Å². The van der Waals surface area contributed by atoms with E-state index in [1.54, 1.807) is 26.0 Å². The summed E-state index contributed by atoms with van der Waals surface area (Å²) in [5.74, 6) is 0.835. The van der Waals surface area contributed by atoms with Crippen LogP contribution in [0, 0.1) is 6.92 Å². The Labute approximate surface area is 129 Å². The lowest BCUT2D eigenvalue weighted by Gasteiger charge is -2.15. The van der Waals surface area contributed by atoms with Crippen LogP contribution in [0.2, 0.25) is 0 Å². The van der Waals surface area contributed by atoms with Gasteiger partial charge in [0.15, 0.2) is 0 Å². The van der Waals surface area contributed by atoms with Crippen LogP contribution in [0.3, 0.4) is 0 Å². The maximum Gasteiger partial charge on any atom is 0.338 e. The first-order valence-corrected chi connectivity index (χ1v) is 7.01. The number of rotatable bonds is 5. The third-order valence-corrected chi connectivity index (χ3v) is 3.03. The molecule has 1 unspecified atom stereocenters. The molecule has 1 heterocycles. The lowest BCUT2D eigenvalue weighted by molar-refractivity contribution is 0.0526. The summed E-state index contributed by atoms with van der Waals surface area (Å²) in [6.07, 6.45) is 0. The van der Waals surface area contributed by atoms with Gasteiger partial charge in [0.25, 0.3) is 0 Å². The fourth-order valence-electron chi connectivity index (χ4n) is 1.97. The number of nitrogens with two attached hydrogens (primary N) is 1. The quantitative estimate of drug-likeness (QED) is 0.815. The Morgan fingerprint density at radius 1 is 1.27 bits per heavy atom. The number of aromatic nitrogens is 3. The van der Waals surface area contributed by atoms with Gasteiger partial charge in [-0.15, -0.1) is 0 Å². The van der Waals surface area contributed by atoms with Gasteiger partial charge in [0, 0.05) is 0 Å². The van der Waals surface area contributed by atoms with Crippen molar-refractivity contribution in [3.05, 3.63) is 41.2 Å². The first-order valence-electron chi connectivity index (χ1n) is 7.01. The van der Waals surface area contributed by atoms with Gasteiger partial charge in [-0.25, -0.2) is 4.79 Å². The van der Waals surface area contributed by atoms with Gasteiger partial charge in [-0.2, -0.15) is 15.0 Å². The number of nitrogen functional groups attached to an aromatic ring is 1. The van der Waals surface area contributed by atoms with Crippen LogP contribution in [-0.2, 0) is 4.74 Å². The molecule has 0 amide bonds. The van der Waals surface area contributed by atoms with Crippen molar-refractivity contribution in [2.45, 2.75) is 26.8 Å². The molecule has 2 aromatic rings. The second-order valence-corrected chi connectivity index (χ2v) is 4.77. The topological polar surface area (TPSA) is 103 Å². The largest absolute Gasteiger partial charge is 0.462 e. The Bertz CT molecular complexity index is 637. The van der Waals surface area contributed by atoms with Crippen LogP contribution in [0.5, 0.6) is 0 Å². The molecule has 0 saturated carbocycles. The number of nitrogens with one attached hydrogen (secondary N) is 1. The summed E-state index contributed by atoms with van der Waals surface area (Å²) < 4.78 is 4.95. The fraction of sp³-hybridized carbons (Fsp3) is 0.333. The number of nitrogens with zero attached hydrogens (tertiary/aromatic N) is 3. The molecular weight excluding hydrogens is 282 g/mol. The van der Waals surface area contributed by atoms with Crippen LogP contribution in [-0.4, -0.2) is 27.5 Å². The number of hydrogen-bond acceptors (Lipinski definition) is 7. The van der Waals surface area contributed by atoms with Gasteiger partial charge in [0.1, 0.15) is 5.82 Å². The first-order chi connectivity index (χ1) is 10.5. The minimum atomic E-state index is -0.324. The van der Waals surface area contributed by atoms with Crippen LogP contribution in [0.1, 0.15) is 41.6 Å². The summed E-state index contributed by atoms with van der Waals surface area (Å²) >= 11 is 0. The highest BCUT2D eigenvalue weighted by Gasteiger charge is 2.11. The molecule has 0 radical (unpaired) electrons. The van der Waals surface area contributed by atoms with E-state index in [-0.39, 0.29) is 18.0 Å². The number of benzene rings is 1. The molecule has 3 N–H and O–H groups in total. The minimum Gasteiger partial charge on any atom is -0.462 e. The highest BCUT2D eigenvalue weighted by Crippen LogP contribution is 2.18. The smallest absolute Gasteiger partial charge is 0.338 e. The predicted molar refractivity (Wildman–Crippen MR) is 83.4 cm³/mol. The zero-order valence-corrected chi connectivity index (χ0v) is 12.8. The normalized spacial score (nSPS) is 11.8. The zero-order valence-electron chi connectivity index (χ0n) is 12.8. The van der Waals surface area contributed by atoms with E-state index in [1.165, 1.54) is 0 Å². The second-order valence-electron chi connectivity index (χ2n) is 4.77. The van der Waals surface area contributed by atoms with Gasteiger partial charge < -0.3 is 15.8 Å². The molecule has 2 rings (SSSR count). The monoisotopic (exact) mass is 301 g/mol. The van der Waals surface area contributed by atoms with E-state index in [0.717, 1.165) is 5.56 Å². The maximum atomic E-state index is 11.6. The van der Waals surface area contributed by atoms with E-state index in [1.807, 2.05) is 19.1 Å². The number of ether oxygens (including phenoxy) is 1. The maximum absolute atomic E-state index is 11.6. The summed E-state index contributed by atoms with van der Waals surface area (Å²) in [5, 5.41) is 3.16. The molecule has 0 aliphatic carbocycles. The number of aryl methyl sites for hydroxylation is 1. The molecule has 0 fully saturated rings. The third kappa shape index (κ3) is 3.91. The van der Waals surface area contributed by atoms with Crippen LogP contribution in [0.25, 0.3) is 0 Å². The van der Waals surface area contributed by atoms with Gasteiger partial charge in [0.05, 0.1) is 18.2 Å². The Kier molecular flexibility index (Phi) is 4.88. The molecular formula is C15H19N5O2. The van der Waals surface area contributed by atoms with Crippen molar-refractivity contribution in [3.63, 3.8) is 0 Å². The van der Waals surface area contributed by atoms with E-state index in [0.29, 0.717) is 23.9 Å². The number of esters is 1. The lowest BCUT2D eigenvalue weighted by Crippen LogP contribution is -2.12. The highest BCUT2D eigenvalue weighted by molar-refractivity contribution is 5.89. The molecule has 116 valence electrons. The fourth-order valence-corrected chi connectivity index (χ4v) is 1.97. The number of anilines is 2. The Balaban J connectivity index is 2.09. The molecule has 1 aromatic carbocycles. The van der Waals surface area contributed by atoms with E-state index in [2.05, 4.69) is 20.3 Å².